The van der Waals surface area contributed by atoms with E-state index in [9.17, 15) is 9.59 Å². The molecule has 164 valence electrons. The van der Waals surface area contributed by atoms with Gasteiger partial charge in [0.2, 0.25) is 0 Å². The summed E-state index contributed by atoms with van der Waals surface area (Å²) in [5, 5.41) is 0. The molecule has 0 aromatic heterocycles. The van der Waals surface area contributed by atoms with Gasteiger partial charge in [-0.05, 0) is 48.8 Å². The quantitative estimate of drug-likeness (QED) is 0.435. The van der Waals surface area contributed by atoms with E-state index >= 15 is 0 Å². The van der Waals surface area contributed by atoms with Gasteiger partial charge in [0.25, 0.3) is 11.8 Å². The molecule has 0 N–H and O–H groups in total. The predicted molar refractivity (Wildman–Crippen MR) is 120 cm³/mol. The molecule has 1 aromatic rings. The van der Waals surface area contributed by atoms with Crippen molar-refractivity contribution in [1.29, 1.82) is 0 Å². The Balaban J connectivity index is 1.89. The fourth-order valence-corrected chi connectivity index (χ4v) is 4.05. The summed E-state index contributed by atoms with van der Waals surface area (Å²) in [6.07, 6.45) is 5.04. The highest BCUT2D eigenvalue weighted by atomic mass is 16.5. The second-order valence-corrected chi connectivity index (χ2v) is 9.09. The van der Waals surface area contributed by atoms with Crippen molar-refractivity contribution in [3.8, 4) is 5.75 Å². The van der Waals surface area contributed by atoms with Crippen LogP contribution in [0, 0.1) is 11.8 Å². The van der Waals surface area contributed by atoms with Gasteiger partial charge < -0.3 is 9.64 Å². The van der Waals surface area contributed by atoms with Crippen LogP contribution in [0.3, 0.4) is 0 Å². The van der Waals surface area contributed by atoms with Gasteiger partial charge in [-0.15, -0.1) is 0 Å². The number of carbonyl (C=O) groups excluding carboxylic acids is 2. The first-order chi connectivity index (χ1) is 14.4. The SMILES string of the molecule is CCCCCN1C(=O)C(c2ccc(OCC(C)C)cc2)=C(N2CCC(C)CC2)C1=O. The smallest absolute Gasteiger partial charge is 0.277 e. The number of amides is 2. The molecule has 2 aliphatic rings. The van der Waals surface area contributed by atoms with Crippen molar-refractivity contribution in [3.05, 3.63) is 35.5 Å². The average Bonchev–Trinajstić information content (AvgIpc) is 2.98. The third-order valence-corrected chi connectivity index (χ3v) is 5.96. The molecule has 2 heterocycles. The molecule has 5 heteroatoms. The summed E-state index contributed by atoms with van der Waals surface area (Å²) < 4.78 is 5.79. The lowest BCUT2D eigenvalue weighted by Crippen LogP contribution is -2.38. The normalized spacial score (nSPS) is 18.2. The molecule has 0 spiro atoms. The lowest BCUT2D eigenvalue weighted by atomic mass is 9.97. The second kappa shape index (κ2) is 10.1. The van der Waals surface area contributed by atoms with Crippen molar-refractivity contribution >= 4 is 17.4 Å². The van der Waals surface area contributed by atoms with Crippen molar-refractivity contribution in [2.75, 3.05) is 26.2 Å². The Morgan fingerprint density at radius 2 is 1.70 bits per heavy atom. The molecule has 2 aliphatic heterocycles. The first-order valence-electron chi connectivity index (χ1n) is 11.5. The van der Waals surface area contributed by atoms with Gasteiger partial charge >= 0.3 is 0 Å². The fraction of sp³-hybridized carbons (Fsp3) is 0.600. The van der Waals surface area contributed by atoms with Crippen LogP contribution in [0.1, 0.15) is 65.4 Å². The summed E-state index contributed by atoms with van der Waals surface area (Å²) in [6, 6.07) is 7.63. The summed E-state index contributed by atoms with van der Waals surface area (Å²) in [4.78, 5) is 30.2. The van der Waals surface area contributed by atoms with Gasteiger partial charge in [-0.1, -0.05) is 52.7 Å². The van der Waals surface area contributed by atoms with Crippen LogP contribution in [0.5, 0.6) is 5.75 Å². The molecule has 0 aliphatic carbocycles. The number of likely N-dealkylation sites (tertiary alicyclic amines) is 1. The zero-order valence-corrected chi connectivity index (χ0v) is 18.9. The standard InChI is InChI=1S/C25H36N2O3/c1-5-6-7-14-27-24(28)22(20-8-10-21(11-9-20)30-17-18(2)3)23(25(27)29)26-15-12-19(4)13-16-26/h8-11,18-19H,5-7,12-17H2,1-4H3. The number of ether oxygens (including phenoxy) is 1. The number of imide groups is 1. The van der Waals surface area contributed by atoms with Crippen molar-refractivity contribution in [2.45, 2.75) is 59.8 Å². The Kier molecular flexibility index (Phi) is 7.57. The Hall–Kier alpha value is -2.30. The van der Waals surface area contributed by atoms with E-state index in [0.717, 1.165) is 56.5 Å². The summed E-state index contributed by atoms with van der Waals surface area (Å²) >= 11 is 0. The number of unbranched alkanes of at least 4 members (excludes halogenated alkanes) is 2. The molecule has 2 amide bonds. The van der Waals surface area contributed by atoms with Crippen LogP contribution in [-0.2, 0) is 9.59 Å². The molecule has 0 radical (unpaired) electrons. The molecule has 0 atom stereocenters. The van der Waals surface area contributed by atoms with Gasteiger partial charge in [-0.2, -0.15) is 0 Å². The third-order valence-electron chi connectivity index (χ3n) is 5.96. The topological polar surface area (TPSA) is 49.9 Å². The van der Waals surface area contributed by atoms with Gasteiger partial charge in [0.15, 0.2) is 0 Å². The van der Waals surface area contributed by atoms with Gasteiger partial charge in [-0.3, -0.25) is 14.5 Å². The molecule has 30 heavy (non-hydrogen) atoms. The van der Waals surface area contributed by atoms with E-state index < -0.39 is 0 Å². The summed E-state index contributed by atoms with van der Waals surface area (Å²) in [7, 11) is 0. The van der Waals surface area contributed by atoms with Crippen molar-refractivity contribution in [3.63, 3.8) is 0 Å². The van der Waals surface area contributed by atoms with E-state index in [1.54, 1.807) is 0 Å². The van der Waals surface area contributed by atoms with Gasteiger partial charge in [-0.25, -0.2) is 0 Å². The number of rotatable bonds is 9. The van der Waals surface area contributed by atoms with E-state index in [-0.39, 0.29) is 11.8 Å². The number of benzene rings is 1. The minimum absolute atomic E-state index is 0.124. The molecule has 3 rings (SSSR count). The highest BCUT2D eigenvalue weighted by molar-refractivity contribution is 6.35. The maximum atomic E-state index is 13.3. The molecular weight excluding hydrogens is 376 g/mol. The van der Waals surface area contributed by atoms with Gasteiger partial charge in [0.1, 0.15) is 11.4 Å². The lowest BCUT2D eigenvalue weighted by Gasteiger charge is -2.32. The number of nitrogens with zero attached hydrogens (tertiary/aromatic N) is 2. The first-order valence-corrected chi connectivity index (χ1v) is 11.5. The Labute approximate surface area is 181 Å². The number of hydrogen-bond donors (Lipinski definition) is 0. The molecule has 0 bridgehead atoms. The van der Waals surface area contributed by atoms with Crippen LogP contribution in [-0.4, -0.2) is 47.9 Å². The molecule has 1 fully saturated rings. The van der Waals surface area contributed by atoms with E-state index in [1.165, 1.54) is 4.90 Å². The molecule has 1 saturated heterocycles. The highest BCUT2D eigenvalue weighted by Gasteiger charge is 2.41. The Morgan fingerprint density at radius 1 is 1.03 bits per heavy atom. The number of carbonyl (C=O) groups is 2. The van der Waals surface area contributed by atoms with Crippen LogP contribution in [0.4, 0.5) is 0 Å². The van der Waals surface area contributed by atoms with Crippen LogP contribution < -0.4 is 4.74 Å². The number of piperidine rings is 1. The van der Waals surface area contributed by atoms with E-state index in [0.29, 0.717) is 36.3 Å². The minimum Gasteiger partial charge on any atom is -0.493 e. The van der Waals surface area contributed by atoms with Crippen LogP contribution in [0.15, 0.2) is 30.0 Å². The van der Waals surface area contributed by atoms with E-state index in [4.69, 9.17) is 4.74 Å². The zero-order chi connectivity index (χ0) is 21.7. The minimum atomic E-state index is -0.152. The van der Waals surface area contributed by atoms with Crippen LogP contribution >= 0.6 is 0 Å². The Bertz CT molecular complexity index is 774. The maximum absolute atomic E-state index is 13.3. The molecule has 5 nitrogen and oxygen atoms in total. The monoisotopic (exact) mass is 412 g/mol. The maximum Gasteiger partial charge on any atom is 0.277 e. The van der Waals surface area contributed by atoms with Crippen molar-refractivity contribution in [2.24, 2.45) is 11.8 Å². The fourth-order valence-electron chi connectivity index (χ4n) is 4.05. The van der Waals surface area contributed by atoms with Gasteiger partial charge in [0, 0.05) is 19.6 Å². The van der Waals surface area contributed by atoms with Crippen molar-refractivity contribution < 1.29 is 14.3 Å². The summed E-state index contributed by atoms with van der Waals surface area (Å²) in [5.74, 6) is 1.63. The van der Waals surface area contributed by atoms with Crippen LogP contribution in [0.25, 0.3) is 5.57 Å². The number of hydrogen-bond acceptors (Lipinski definition) is 4. The largest absolute Gasteiger partial charge is 0.493 e. The molecule has 0 saturated carbocycles. The highest BCUT2D eigenvalue weighted by Crippen LogP contribution is 2.34. The van der Waals surface area contributed by atoms with Crippen molar-refractivity contribution in [1.82, 2.24) is 9.80 Å². The molecule has 0 unspecified atom stereocenters. The van der Waals surface area contributed by atoms with Crippen LogP contribution in [0.2, 0.25) is 0 Å². The second-order valence-electron chi connectivity index (χ2n) is 9.09. The average molecular weight is 413 g/mol. The predicted octanol–water partition coefficient (Wildman–Crippen LogP) is 4.72. The summed E-state index contributed by atoms with van der Waals surface area (Å²) in [5.41, 5.74) is 1.96. The van der Waals surface area contributed by atoms with Gasteiger partial charge in [0.05, 0.1) is 12.2 Å². The van der Waals surface area contributed by atoms with E-state index in [2.05, 4.69) is 32.6 Å². The zero-order valence-electron chi connectivity index (χ0n) is 18.9. The third kappa shape index (κ3) is 5.05. The van der Waals surface area contributed by atoms with E-state index in [1.807, 2.05) is 24.3 Å². The molecular formula is C25H36N2O3. The first kappa shape index (κ1) is 22.4. The lowest BCUT2D eigenvalue weighted by molar-refractivity contribution is -0.137. The Morgan fingerprint density at radius 3 is 2.30 bits per heavy atom. The summed E-state index contributed by atoms with van der Waals surface area (Å²) in [6.45, 7) is 11.4. The molecule has 1 aromatic carbocycles.